The molecule has 29 heavy (non-hydrogen) atoms. The van der Waals surface area contributed by atoms with E-state index in [-0.39, 0.29) is 24.0 Å². The Morgan fingerprint density at radius 1 is 1.24 bits per heavy atom. The quantitative estimate of drug-likeness (QED) is 0.355. The summed E-state index contributed by atoms with van der Waals surface area (Å²) in [4.78, 5) is 11.5. The summed E-state index contributed by atoms with van der Waals surface area (Å²) >= 11 is 0. The molecule has 0 bridgehead atoms. The van der Waals surface area contributed by atoms with Gasteiger partial charge in [-0.3, -0.25) is 4.99 Å². The summed E-state index contributed by atoms with van der Waals surface area (Å²) in [5.41, 5.74) is 3.21. The normalized spacial score (nSPS) is 15.8. The van der Waals surface area contributed by atoms with Crippen LogP contribution < -0.4 is 10.6 Å². The van der Waals surface area contributed by atoms with Gasteiger partial charge < -0.3 is 15.5 Å². The third kappa shape index (κ3) is 6.67. The molecule has 0 aliphatic carbocycles. The van der Waals surface area contributed by atoms with Crippen LogP contribution >= 0.6 is 24.0 Å². The molecular weight excluding hydrogens is 477 g/mol. The molecule has 7 nitrogen and oxygen atoms in total. The average Bonchev–Trinajstić information content (AvgIpc) is 3.05. The molecule has 1 fully saturated rings. The van der Waals surface area contributed by atoms with Crippen molar-refractivity contribution in [1.29, 1.82) is 0 Å². The number of nitrogens with one attached hydrogen (secondary N) is 2. The minimum Gasteiger partial charge on any atom is -0.354 e. The van der Waals surface area contributed by atoms with Gasteiger partial charge in [0.15, 0.2) is 11.8 Å². The van der Waals surface area contributed by atoms with E-state index in [1.807, 2.05) is 37.8 Å². The Morgan fingerprint density at radius 2 is 2.00 bits per heavy atom. The summed E-state index contributed by atoms with van der Waals surface area (Å²) in [5.74, 6) is 1.70. The number of rotatable bonds is 6. The number of hydrogen-bond acceptors (Lipinski definition) is 4. The first-order valence-electron chi connectivity index (χ1n) is 10.3. The van der Waals surface area contributed by atoms with Gasteiger partial charge in [-0.2, -0.15) is 5.10 Å². The third-order valence-electron chi connectivity index (χ3n) is 5.19. The van der Waals surface area contributed by atoms with E-state index >= 15 is 0 Å². The maximum absolute atomic E-state index is 4.56. The molecule has 2 N–H and O–H groups in total. The first-order valence-corrected chi connectivity index (χ1v) is 10.3. The smallest absolute Gasteiger partial charge is 0.191 e. The summed E-state index contributed by atoms with van der Waals surface area (Å²) in [6.45, 7) is 10.5. The molecule has 3 rings (SSSR count). The van der Waals surface area contributed by atoms with Gasteiger partial charge in [-0.1, -0.05) is 13.0 Å². The molecule has 0 atom stereocenters. The predicted octanol–water partition coefficient (Wildman–Crippen LogP) is 3.04. The number of piperidine rings is 1. The highest BCUT2D eigenvalue weighted by Gasteiger charge is 2.19. The van der Waals surface area contributed by atoms with E-state index in [1.165, 1.54) is 38.9 Å². The van der Waals surface area contributed by atoms with E-state index in [4.69, 9.17) is 0 Å². The second-order valence-electron chi connectivity index (χ2n) is 7.55. The van der Waals surface area contributed by atoms with E-state index in [2.05, 4.69) is 49.7 Å². The van der Waals surface area contributed by atoms with Crippen LogP contribution in [-0.2, 0) is 6.54 Å². The highest BCUT2D eigenvalue weighted by molar-refractivity contribution is 14.0. The van der Waals surface area contributed by atoms with Crippen molar-refractivity contribution in [1.82, 2.24) is 30.3 Å². The van der Waals surface area contributed by atoms with Crippen LogP contribution in [-0.4, -0.2) is 58.3 Å². The van der Waals surface area contributed by atoms with Gasteiger partial charge in [-0.15, -0.1) is 24.0 Å². The Kier molecular flexibility index (Phi) is 9.35. The first kappa shape index (κ1) is 23.6. The van der Waals surface area contributed by atoms with E-state index in [1.54, 1.807) is 0 Å². The van der Waals surface area contributed by atoms with Crippen LogP contribution in [0.5, 0.6) is 0 Å². The van der Waals surface area contributed by atoms with Gasteiger partial charge in [0.25, 0.3) is 0 Å². The maximum Gasteiger partial charge on any atom is 0.191 e. The van der Waals surface area contributed by atoms with E-state index < -0.39 is 0 Å². The fourth-order valence-corrected chi connectivity index (χ4v) is 3.70. The second kappa shape index (κ2) is 11.5. The molecule has 160 valence electrons. The zero-order valence-corrected chi connectivity index (χ0v) is 20.3. The van der Waals surface area contributed by atoms with Crippen LogP contribution in [0.2, 0.25) is 0 Å². The van der Waals surface area contributed by atoms with Crippen LogP contribution in [0, 0.1) is 13.8 Å². The molecule has 1 saturated heterocycles. The Balaban J connectivity index is 0.00000300. The SMILES string of the molecule is CCCN1CCC(NC(=NC)NCc2ccc(-n3nc(C)cc3C)nc2)CC1.I. The highest BCUT2D eigenvalue weighted by Crippen LogP contribution is 2.11. The summed E-state index contributed by atoms with van der Waals surface area (Å²) in [6, 6.07) is 6.64. The van der Waals surface area contributed by atoms with Crippen molar-refractivity contribution in [2.45, 2.75) is 52.6 Å². The molecule has 0 aromatic carbocycles. The number of aromatic nitrogens is 3. The molecule has 1 aliphatic rings. The van der Waals surface area contributed by atoms with Crippen molar-refractivity contribution < 1.29 is 0 Å². The monoisotopic (exact) mass is 511 g/mol. The Hall–Kier alpha value is -1.68. The number of guanidine groups is 1. The summed E-state index contributed by atoms with van der Waals surface area (Å²) in [6.07, 6.45) is 5.46. The number of halogens is 1. The van der Waals surface area contributed by atoms with Crippen LogP contribution in [0.25, 0.3) is 5.82 Å². The summed E-state index contributed by atoms with van der Waals surface area (Å²) < 4.78 is 1.87. The number of hydrogen-bond donors (Lipinski definition) is 2. The van der Waals surface area contributed by atoms with Gasteiger partial charge in [0.05, 0.1) is 5.69 Å². The highest BCUT2D eigenvalue weighted by atomic mass is 127. The lowest BCUT2D eigenvalue weighted by Crippen LogP contribution is -2.48. The van der Waals surface area contributed by atoms with E-state index in [9.17, 15) is 0 Å². The van der Waals surface area contributed by atoms with Crippen molar-refractivity contribution in [2.75, 3.05) is 26.7 Å². The average molecular weight is 511 g/mol. The van der Waals surface area contributed by atoms with Gasteiger partial charge in [-0.05, 0) is 57.4 Å². The fourth-order valence-electron chi connectivity index (χ4n) is 3.70. The standard InChI is InChI=1S/C21H33N7.HI/c1-5-10-27-11-8-19(9-12-27)25-21(22-4)24-15-18-6-7-20(23-14-18)28-17(3)13-16(2)26-28;/h6-7,13-14,19H,5,8-12,15H2,1-4H3,(H2,22,24,25);1H. The van der Waals surface area contributed by atoms with Gasteiger partial charge in [0.2, 0.25) is 0 Å². The largest absolute Gasteiger partial charge is 0.354 e. The van der Waals surface area contributed by atoms with Crippen LogP contribution in [0.1, 0.15) is 43.1 Å². The molecule has 2 aromatic rings. The lowest BCUT2D eigenvalue weighted by molar-refractivity contribution is 0.206. The predicted molar refractivity (Wildman–Crippen MR) is 129 cm³/mol. The second-order valence-corrected chi connectivity index (χ2v) is 7.55. The van der Waals surface area contributed by atoms with Gasteiger partial charge in [0.1, 0.15) is 0 Å². The minimum atomic E-state index is 0. The Bertz CT molecular complexity index is 777. The number of pyridine rings is 1. The summed E-state index contributed by atoms with van der Waals surface area (Å²) in [7, 11) is 1.83. The molecule has 0 radical (unpaired) electrons. The maximum atomic E-state index is 4.56. The molecule has 1 aliphatic heterocycles. The van der Waals surface area contributed by atoms with Crippen molar-refractivity contribution >= 4 is 29.9 Å². The van der Waals surface area contributed by atoms with Gasteiger partial charge in [0, 0.05) is 44.6 Å². The van der Waals surface area contributed by atoms with Crippen molar-refractivity contribution in [2.24, 2.45) is 4.99 Å². The van der Waals surface area contributed by atoms with Crippen LogP contribution in [0.15, 0.2) is 29.4 Å². The number of likely N-dealkylation sites (tertiary alicyclic amines) is 1. The molecule has 0 unspecified atom stereocenters. The molecule has 0 saturated carbocycles. The molecule has 3 heterocycles. The molecule has 0 spiro atoms. The molecule has 0 amide bonds. The van der Waals surface area contributed by atoms with Crippen LogP contribution in [0.3, 0.4) is 0 Å². The van der Waals surface area contributed by atoms with Crippen molar-refractivity contribution in [3.8, 4) is 5.82 Å². The Labute approximate surface area is 191 Å². The lowest BCUT2D eigenvalue weighted by Gasteiger charge is -2.32. The first-order chi connectivity index (χ1) is 13.6. The number of aryl methyl sites for hydroxylation is 2. The minimum absolute atomic E-state index is 0. The van der Waals surface area contributed by atoms with Gasteiger partial charge in [-0.25, -0.2) is 9.67 Å². The van der Waals surface area contributed by atoms with Crippen molar-refractivity contribution in [3.63, 3.8) is 0 Å². The van der Waals surface area contributed by atoms with Gasteiger partial charge >= 0.3 is 0 Å². The van der Waals surface area contributed by atoms with E-state index in [0.717, 1.165) is 28.7 Å². The Morgan fingerprint density at radius 3 is 2.55 bits per heavy atom. The number of aliphatic imine (C=N–C) groups is 1. The molecular formula is C21H34IN7. The zero-order valence-electron chi connectivity index (χ0n) is 18.0. The van der Waals surface area contributed by atoms with Crippen molar-refractivity contribution in [3.05, 3.63) is 41.3 Å². The zero-order chi connectivity index (χ0) is 19.9. The topological polar surface area (TPSA) is 70.4 Å². The summed E-state index contributed by atoms with van der Waals surface area (Å²) in [5, 5.41) is 11.5. The van der Waals surface area contributed by atoms with E-state index in [0.29, 0.717) is 12.6 Å². The lowest BCUT2D eigenvalue weighted by atomic mass is 10.1. The third-order valence-corrected chi connectivity index (χ3v) is 5.19. The molecule has 8 heteroatoms. The van der Waals surface area contributed by atoms with Crippen LogP contribution in [0.4, 0.5) is 0 Å². The fraction of sp³-hybridized carbons (Fsp3) is 0.571. The number of nitrogens with zero attached hydrogens (tertiary/aromatic N) is 5. The molecule has 2 aromatic heterocycles.